The van der Waals surface area contributed by atoms with Gasteiger partial charge >= 0.3 is 0 Å². The second kappa shape index (κ2) is 4.89. The molecule has 2 rings (SSSR count). The summed E-state index contributed by atoms with van der Waals surface area (Å²) in [5.74, 6) is 0.133. The van der Waals surface area contributed by atoms with Crippen molar-refractivity contribution in [3.8, 4) is 0 Å². The maximum absolute atomic E-state index is 12.1. The Hall–Kier alpha value is -1.34. The van der Waals surface area contributed by atoms with Crippen molar-refractivity contribution in [3.63, 3.8) is 0 Å². The molecule has 0 N–H and O–H groups in total. The number of carbonyl (C=O) groups is 1. The third-order valence-corrected chi connectivity index (χ3v) is 3.64. The van der Waals surface area contributed by atoms with E-state index in [0.717, 1.165) is 16.7 Å². The van der Waals surface area contributed by atoms with Gasteiger partial charge in [0.1, 0.15) is 0 Å². The lowest BCUT2D eigenvalue weighted by molar-refractivity contribution is 0.0992. The van der Waals surface area contributed by atoms with E-state index in [4.69, 9.17) is 11.6 Å². The number of alkyl halides is 1. The smallest absolute Gasteiger partial charge is 0.166 e. The molecule has 1 aromatic carbocycles. The largest absolute Gasteiger partial charge is 0.294 e. The summed E-state index contributed by atoms with van der Waals surface area (Å²) in [4.78, 5) is 12.1. The Labute approximate surface area is 107 Å². The van der Waals surface area contributed by atoms with E-state index in [2.05, 4.69) is 0 Å². The van der Waals surface area contributed by atoms with Crippen molar-refractivity contribution >= 4 is 17.4 Å². The Balaban J connectivity index is 2.17. The first kappa shape index (κ1) is 12.1. The summed E-state index contributed by atoms with van der Waals surface area (Å²) in [6.45, 7) is 4.06. The molecule has 0 saturated carbocycles. The molecular weight excluding hydrogens is 232 g/mol. The van der Waals surface area contributed by atoms with E-state index in [0.29, 0.717) is 6.42 Å². The first-order chi connectivity index (χ1) is 8.09. The standard InChI is InChI=1S/C15H15ClO/c1-10-8-14(16)13(11(10)2)9-15(17)12-6-4-3-5-7-12/h3-8,14H,9H2,1-2H3. The average molecular weight is 247 g/mol. The highest BCUT2D eigenvalue weighted by atomic mass is 35.5. The zero-order valence-electron chi connectivity index (χ0n) is 10.0. The maximum Gasteiger partial charge on any atom is 0.166 e. The molecule has 1 unspecified atom stereocenters. The fraction of sp³-hybridized carbons (Fsp3) is 0.267. The van der Waals surface area contributed by atoms with Crippen molar-refractivity contribution in [1.29, 1.82) is 0 Å². The fourth-order valence-electron chi connectivity index (χ4n) is 2.03. The second-order valence-corrected chi connectivity index (χ2v) is 4.84. The minimum Gasteiger partial charge on any atom is -0.294 e. The van der Waals surface area contributed by atoms with E-state index >= 15 is 0 Å². The van der Waals surface area contributed by atoms with Gasteiger partial charge < -0.3 is 0 Å². The van der Waals surface area contributed by atoms with Gasteiger partial charge in [0.25, 0.3) is 0 Å². The number of ketones is 1. The summed E-state index contributed by atoms with van der Waals surface area (Å²) in [5.41, 5.74) is 4.13. The molecule has 0 radical (unpaired) electrons. The molecule has 1 nitrogen and oxygen atoms in total. The van der Waals surface area contributed by atoms with Crippen molar-refractivity contribution in [3.05, 3.63) is 58.7 Å². The number of Topliss-reactive ketones (excluding diaryl/α,β-unsaturated/α-hetero) is 1. The highest BCUT2D eigenvalue weighted by Gasteiger charge is 2.22. The van der Waals surface area contributed by atoms with Crippen LogP contribution in [-0.4, -0.2) is 11.2 Å². The topological polar surface area (TPSA) is 17.1 Å². The van der Waals surface area contributed by atoms with Crippen LogP contribution in [0.3, 0.4) is 0 Å². The van der Waals surface area contributed by atoms with Gasteiger partial charge in [-0.25, -0.2) is 0 Å². The van der Waals surface area contributed by atoms with Crippen molar-refractivity contribution in [1.82, 2.24) is 0 Å². The van der Waals surface area contributed by atoms with Gasteiger partial charge in [0.2, 0.25) is 0 Å². The van der Waals surface area contributed by atoms with Crippen molar-refractivity contribution in [2.75, 3.05) is 0 Å². The number of allylic oxidation sites excluding steroid dienone is 4. The van der Waals surface area contributed by atoms with E-state index in [-0.39, 0.29) is 11.2 Å². The van der Waals surface area contributed by atoms with Crippen LogP contribution in [0.1, 0.15) is 30.6 Å². The molecule has 1 aromatic rings. The van der Waals surface area contributed by atoms with Gasteiger partial charge in [-0.05, 0) is 25.0 Å². The van der Waals surface area contributed by atoms with Gasteiger partial charge in [-0.3, -0.25) is 4.79 Å². The van der Waals surface area contributed by atoms with Crippen LogP contribution in [0.15, 0.2) is 53.1 Å². The lowest BCUT2D eigenvalue weighted by Gasteiger charge is -2.08. The van der Waals surface area contributed by atoms with E-state index in [1.807, 2.05) is 50.3 Å². The summed E-state index contributed by atoms with van der Waals surface area (Å²) in [7, 11) is 0. The predicted octanol–water partition coefficient (Wildman–Crippen LogP) is 4.14. The molecule has 0 fully saturated rings. The molecule has 0 spiro atoms. The van der Waals surface area contributed by atoms with Crippen LogP contribution in [0.5, 0.6) is 0 Å². The predicted molar refractivity (Wildman–Crippen MR) is 71.5 cm³/mol. The van der Waals surface area contributed by atoms with Gasteiger partial charge in [0, 0.05) is 12.0 Å². The molecule has 2 heteroatoms. The van der Waals surface area contributed by atoms with Crippen LogP contribution in [0, 0.1) is 0 Å². The highest BCUT2D eigenvalue weighted by molar-refractivity contribution is 6.24. The van der Waals surface area contributed by atoms with Crippen LogP contribution in [0.2, 0.25) is 0 Å². The molecule has 17 heavy (non-hydrogen) atoms. The van der Waals surface area contributed by atoms with Crippen LogP contribution in [-0.2, 0) is 0 Å². The third-order valence-electron chi connectivity index (χ3n) is 3.25. The quantitative estimate of drug-likeness (QED) is 0.579. The van der Waals surface area contributed by atoms with Crippen molar-refractivity contribution < 1.29 is 4.79 Å². The zero-order chi connectivity index (χ0) is 12.4. The first-order valence-corrected chi connectivity index (χ1v) is 6.14. The third kappa shape index (κ3) is 2.50. The Kier molecular flexibility index (Phi) is 3.49. The normalized spacial score (nSPS) is 19.5. The molecule has 1 aliphatic rings. The number of rotatable bonds is 3. The molecule has 88 valence electrons. The van der Waals surface area contributed by atoms with Crippen LogP contribution in [0.25, 0.3) is 0 Å². The summed E-state index contributed by atoms with van der Waals surface area (Å²) >= 11 is 6.21. The Morgan fingerprint density at radius 3 is 2.41 bits per heavy atom. The van der Waals surface area contributed by atoms with Crippen LogP contribution in [0.4, 0.5) is 0 Å². The molecule has 0 heterocycles. The lowest BCUT2D eigenvalue weighted by atomic mass is 9.99. The van der Waals surface area contributed by atoms with Gasteiger partial charge in [-0.2, -0.15) is 0 Å². The Bertz CT molecular complexity index is 497. The number of benzene rings is 1. The molecule has 0 bridgehead atoms. The molecule has 0 amide bonds. The molecule has 0 aliphatic heterocycles. The Morgan fingerprint density at radius 2 is 1.88 bits per heavy atom. The summed E-state index contributed by atoms with van der Waals surface area (Å²) < 4.78 is 0. The maximum atomic E-state index is 12.1. The SMILES string of the molecule is CC1=CC(Cl)C(CC(=O)c2ccccc2)=C1C. The summed E-state index contributed by atoms with van der Waals surface area (Å²) in [5, 5.41) is -0.123. The van der Waals surface area contributed by atoms with E-state index in [9.17, 15) is 4.79 Å². The van der Waals surface area contributed by atoms with Crippen molar-refractivity contribution in [2.45, 2.75) is 25.6 Å². The lowest BCUT2D eigenvalue weighted by Crippen LogP contribution is -2.06. The monoisotopic (exact) mass is 246 g/mol. The van der Waals surface area contributed by atoms with Crippen molar-refractivity contribution in [2.24, 2.45) is 0 Å². The van der Waals surface area contributed by atoms with Gasteiger partial charge in [0.05, 0.1) is 5.38 Å². The average Bonchev–Trinajstić information content (AvgIpc) is 2.57. The summed E-state index contributed by atoms with van der Waals surface area (Å²) in [6, 6.07) is 9.36. The fourth-order valence-corrected chi connectivity index (χ4v) is 2.46. The minimum atomic E-state index is -0.123. The number of carbonyl (C=O) groups excluding carboxylic acids is 1. The zero-order valence-corrected chi connectivity index (χ0v) is 10.8. The molecule has 1 atom stereocenters. The molecule has 0 aromatic heterocycles. The number of hydrogen-bond donors (Lipinski definition) is 0. The van der Waals surface area contributed by atoms with E-state index in [1.54, 1.807) is 0 Å². The second-order valence-electron chi connectivity index (χ2n) is 4.37. The first-order valence-electron chi connectivity index (χ1n) is 5.70. The van der Waals surface area contributed by atoms with Crippen LogP contribution >= 0.6 is 11.6 Å². The van der Waals surface area contributed by atoms with Gasteiger partial charge in [-0.1, -0.05) is 42.0 Å². The Morgan fingerprint density at radius 1 is 1.24 bits per heavy atom. The van der Waals surface area contributed by atoms with Crippen LogP contribution < -0.4 is 0 Å². The molecule has 1 aliphatic carbocycles. The van der Waals surface area contributed by atoms with Gasteiger partial charge in [-0.15, -0.1) is 11.6 Å². The summed E-state index contributed by atoms with van der Waals surface area (Å²) in [6.07, 6.45) is 2.42. The molecule has 0 saturated heterocycles. The van der Waals surface area contributed by atoms with E-state index < -0.39 is 0 Å². The minimum absolute atomic E-state index is 0.123. The number of halogens is 1. The molecular formula is C15H15ClO. The van der Waals surface area contributed by atoms with E-state index in [1.165, 1.54) is 5.57 Å². The highest BCUT2D eigenvalue weighted by Crippen LogP contribution is 2.32. The number of hydrogen-bond acceptors (Lipinski definition) is 1. The van der Waals surface area contributed by atoms with Gasteiger partial charge in [0.15, 0.2) is 5.78 Å².